The Bertz CT molecular complexity index is 394. The van der Waals surface area contributed by atoms with E-state index < -0.39 is 0 Å². The van der Waals surface area contributed by atoms with Crippen LogP contribution in [0, 0.1) is 0 Å². The zero-order valence-corrected chi connectivity index (χ0v) is 10.8. The lowest BCUT2D eigenvalue weighted by Crippen LogP contribution is -2.46. The summed E-state index contributed by atoms with van der Waals surface area (Å²) in [6, 6.07) is 9.54. The summed E-state index contributed by atoms with van der Waals surface area (Å²) in [6.45, 7) is 4.68. The average molecular weight is 248 g/mol. The van der Waals surface area contributed by atoms with E-state index in [4.69, 9.17) is 4.74 Å². The fraction of sp³-hybridized carbons (Fsp3) is 0.500. The molecule has 0 radical (unpaired) electrons. The van der Waals surface area contributed by atoms with E-state index in [1.54, 1.807) is 0 Å². The minimum absolute atomic E-state index is 0.0136. The molecule has 0 aliphatic carbocycles. The van der Waals surface area contributed by atoms with Crippen molar-refractivity contribution in [1.82, 2.24) is 5.32 Å². The molecule has 1 fully saturated rings. The molecule has 0 saturated carbocycles. The summed E-state index contributed by atoms with van der Waals surface area (Å²) in [4.78, 5) is 12.0. The van der Waals surface area contributed by atoms with Crippen LogP contribution in [-0.2, 0) is 9.53 Å². The van der Waals surface area contributed by atoms with Gasteiger partial charge in [0.15, 0.2) is 0 Å². The van der Waals surface area contributed by atoms with Crippen molar-refractivity contribution in [3.05, 3.63) is 30.3 Å². The summed E-state index contributed by atoms with van der Waals surface area (Å²) in [7, 11) is 0. The standard InChI is InChI=1S/C14H20N2O2/c1-10(15-13-8-9-18-11(13)2)14(17)16-12-6-4-3-5-7-12/h3-7,10-11,13,15H,8-9H2,1-2H3,(H,16,17). The predicted molar refractivity (Wildman–Crippen MR) is 71.5 cm³/mol. The summed E-state index contributed by atoms with van der Waals surface area (Å²) >= 11 is 0. The molecule has 4 nitrogen and oxygen atoms in total. The van der Waals surface area contributed by atoms with Gasteiger partial charge in [-0.15, -0.1) is 0 Å². The number of amides is 1. The topological polar surface area (TPSA) is 50.4 Å². The quantitative estimate of drug-likeness (QED) is 0.854. The highest BCUT2D eigenvalue weighted by Gasteiger charge is 2.27. The third kappa shape index (κ3) is 3.31. The van der Waals surface area contributed by atoms with Gasteiger partial charge in [0.25, 0.3) is 0 Å². The number of nitrogens with one attached hydrogen (secondary N) is 2. The Morgan fingerprint density at radius 1 is 1.39 bits per heavy atom. The molecular formula is C14H20N2O2. The van der Waals surface area contributed by atoms with Gasteiger partial charge < -0.3 is 15.4 Å². The molecular weight excluding hydrogens is 228 g/mol. The van der Waals surface area contributed by atoms with Gasteiger partial charge in [-0.2, -0.15) is 0 Å². The number of hydrogen-bond donors (Lipinski definition) is 2. The first kappa shape index (κ1) is 13.1. The molecule has 2 N–H and O–H groups in total. The maximum absolute atomic E-state index is 12.0. The summed E-state index contributed by atoms with van der Waals surface area (Å²) in [5.74, 6) is -0.0136. The fourth-order valence-electron chi connectivity index (χ4n) is 2.12. The molecule has 1 aliphatic heterocycles. The highest BCUT2D eigenvalue weighted by molar-refractivity contribution is 5.94. The molecule has 18 heavy (non-hydrogen) atoms. The number of ether oxygens (including phenoxy) is 1. The van der Waals surface area contributed by atoms with E-state index in [0.717, 1.165) is 18.7 Å². The number of benzene rings is 1. The first-order valence-corrected chi connectivity index (χ1v) is 6.40. The second-order valence-corrected chi connectivity index (χ2v) is 4.71. The van der Waals surface area contributed by atoms with Gasteiger partial charge in [-0.1, -0.05) is 18.2 Å². The highest BCUT2D eigenvalue weighted by atomic mass is 16.5. The molecule has 0 bridgehead atoms. The fourth-order valence-corrected chi connectivity index (χ4v) is 2.12. The first-order chi connectivity index (χ1) is 8.66. The van der Waals surface area contributed by atoms with Crippen molar-refractivity contribution in [2.24, 2.45) is 0 Å². The van der Waals surface area contributed by atoms with Gasteiger partial charge in [-0.25, -0.2) is 0 Å². The van der Waals surface area contributed by atoms with Gasteiger partial charge in [-0.05, 0) is 32.4 Å². The van der Waals surface area contributed by atoms with E-state index in [-0.39, 0.29) is 24.1 Å². The summed E-state index contributed by atoms with van der Waals surface area (Å²) in [6.07, 6.45) is 1.14. The normalized spacial score (nSPS) is 24.8. The van der Waals surface area contributed by atoms with Gasteiger partial charge in [0.1, 0.15) is 0 Å². The van der Waals surface area contributed by atoms with Crippen molar-refractivity contribution in [3.63, 3.8) is 0 Å². The molecule has 1 heterocycles. The van der Waals surface area contributed by atoms with E-state index in [9.17, 15) is 4.79 Å². The Hall–Kier alpha value is -1.39. The van der Waals surface area contributed by atoms with E-state index >= 15 is 0 Å². The van der Waals surface area contributed by atoms with E-state index in [2.05, 4.69) is 10.6 Å². The number of carbonyl (C=O) groups excluding carboxylic acids is 1. The molecule has 3 atom stereocenters. The summed E-state index contributed by atoms with van der Waals surface area (Å²) in [5.41, 5.74) is 0.826. The second kappa shape index (κ2) is 5.98. The third-order valence-corrected chi connectivity index (χ3v) is 3.27. The molecule has 0 spiro atoms. The number of rotatable bonds is 4. The smallest absolute Gasteiger partial charge is 0.241 e. The van der Waals surface area contributed by atoms with Crippen LogP contribution in [0.25, 0.3) is 0 Å². The summed E-state index contributed by atoms with van der Waals surface area (Å²) < 4.78 is 5.47. The van der Waals surface area contributed by atoms with Crippen LogP contribution in [0.4, 0.5) is 5.69 Å². The zero-order valence-electron chi connectivity index (χ0n) is 10.8. The minimum Gasteiger partial charge on any atom is -0.377 e. The summed E-state index contributed by atoms with van der Waals surface area (Å²) in [5, 5.41) is 6.20. The minimum atomic E-state index is -0.223. The number of carbonyl (C=O) groups is 1. The number of hydrogen-bond acceptors (Lipinski definition) is 3. The lowest BCUT2D eigenvalue weighted by molar-refractivity contribution is -0.118. The van der Waals surface area contributed by atoms with Gasteiger partial charge in [-0.3, -0.25) is 4.79 Å². The van der Waals surface area contributed by atoms with Gasteiger partial charge in [0.05, 0.1) is 12.1 Å². The number of anilines is 1. The molecule has 1 saturated heterocycles. The molecule has 1 aliphatic rings. The lowest BCUT2D eigenvalue weighted by Gasteiger charge is -2.21. The Morgan fingerprint density at radius 2 is 2.11 bits per heavy atom. The Balaban J connectivity index is 1.85. The molecule has 98 valence electrons. The Kier molecular flexibility index (Phi) is 4.33. The molecule has 1 amide bonds. The van der Waals surface area contributed by atoms with Crippen LogP contribution in [0.15, 0.2) is 30.3 Å². The zero-order chi connectivity index (χ0) is 13.0. The van der Waals surface area contributed by atoms with E-state index in [1.807, 2.05) is 44.2 Å². The van der Waals surface area contributed by atoms with Crippen molar-refractivity contribution < 1.29 is 9.53 Å². The van der Waals surface area contributed by atoms with Gasteiger partial charge >= 0.3 is 0 Å². The number of para-hydroxylation sites is 1. The predicted octanol–water partition coefficient (Wildman–Crippen LogP) is 1.78. The lowest BCUT2D eigenvalue weighted by atomic mass is 10.1. The Labute approximate surface area is 108 Å². The molecule has 1 aromatic carbocycles. The van der Waals surface area contributed by atoms with Crippen LogP contribution in [0.1, 0.15) is 20.3 Å². The maximum atomic E-state index is 12.0. The van der Waals surface area contributed by atoms with Gasteiger partial charge in [0.2, 0.25) is 5.91 Å². The monoisotopic (exact) mass is 248 g/mol. The van der Waals surface area contributed by atoms with Crippen LogP contribution >= 0.6 is 0 Å². The van der Waals surface area contributed by atoms with E-state index in [0.29, 0.717) is 0 Å². The molecule has 0 aromatic heterocycles. The van der Waals surface area contributed by atoms with Crippen molar-refractivity contribution in [3.8, 4) is 0 Å². The Morgan fingerprint density at radius 3 is 2.72 bits per heavy atom. The van der Waals surface area contributed by atoms with Crippen molar-refractivity contribution >= 4 is 11.6 Å². The SMILES string of the molecule is CC(NC1CCOC1C)C(=O)Nc1ccccc1. The largest absolute Gasteiger partial charge is 0.377 e. The third-order valence-electron chi connectivity index (χ3n) is 3.27. The first-order valence-electron chi connectivity index (χ1n) is 6.40. The van der Waals surface area contributed by atoms with Crippen molar-refractivity contribution in [2.45, 2.75) is 38.5 Å². The van der Waals surface area contributed by atoms with Crippen LogP contribution in [0.5, 0.6) is 0 Å². The van der Waals surface area contributed by atoms with Crippen molar-refractivity contribution in [1.29, 1.82) is 0 Å². The molecule has 1 aromatic rings. The van der Waals surface area contributed by atoms with Crippen LogP contribution in [0.2, 0.25) is 0 Å². The molecule has 4 heteroatoms. The second-order valence-electron chi connectivity index (χ2n) is 4.71. The van der Waals surface area contributed by atoms with Crippen LogP contribution in [-0.4, -0.2) is 30.7 Å². The van der Waals surface area contributed by atoms with Gasteiger partial charge in [0, 0.05) is 18.3 Å². The average Bonchev–Trinajstić information content (AvgIpc) is 2.76. The molecule has 3 unspecified atom stereocenters. The van der Waals surface area contributed by atoms with E-state index in [1.165, 1.54) is 0 Å². The van der Waals surface area contributed by atoms with Crippen LogP contribution in [0.3, 0.4) is 0 Å². The molecule has 2 rings (SSSR count). The van der Waals surface area contributed by atoms with Crippen LogP contribution < -0.4 is 10.6 Å². The maximum Gasteiger partial charge on any atom is 0.241 e. The van der Waals surface area contributed by atoms with Crippen molar-refractivity contribution in [2.75, 3.05) is 11.9 Å². The highest BCUT2D eigenvalue weighted by Crippen LogP contribution is 2.13.